The second kappa shape index (κ2) is 9.97. The minimum absolute atomic E-state index is 0.0944. The van der Waals surface area contributed by atoms with Gasteiger partial charge in [-0.15, -0.1) is 10.2 Å². The van der Waals surface area contributed by atoms with Gasteiger partial charge in [0.1, 0.15) is 0 Å². The van der Waals surface area contributed by atoms with Crippen LogP contribution in [0.1, 0.15) is 15.9 Å². The maximum atomic E-state index is 12.7. The Balaban J connectivity index is 1.53. The topological polar surface area (TPSA) is 107 Å². The average Bonchev–Trinajstić information content (AvgIpc) is 3.20. The van der Waals surface area contributed by atoms with Crippen LogP contribution in [0.15, 0.2) is 84.3 Å². The van der Waals surface area contributed by atoms with Crippen LogP contribution in [0.5, 0.6) is 0 Å². The van der Waals surface area contributed by atoms with E-state index in [1.165, 1.54) is 11.8 Å². The first-order valence-electron chi connectivity index (χ1n) is 10.0. The zero-order chi connectivity index (χ0) is 23.3. The van der Waals surface area contributed by atoms with E-state index in [2.05, 4.69) is 19.9 Å². The summed E-state index contributed by atoms with van der Waals surface area (Å²) >= 11 is 1.31. The molecule has 1 N–H and O–H groups in total. The minimum Gasteiger partial charge on any atom is -0.297 e. The smallest absolute Gasteiger partial charge is 0.229 e. The Morgan fingerprint density at radius 2 is 1.76 bits per heavy atom. The number of carbonyl (C=O) groups is 1. The van der Waals surface area contributed by atoms with Crippen molar-refractivity contribution < 1.29 is 13.2 Å². The number of Topliss-reactive ketones (excluding diaryl/α,β-unsaturated/α-hetero) is 1. The summed E-state index contributed by atoms with van der Waals surface area (Å²) in [7, 11) is -3.37. The fourth-order valence-electron chi connectivity index (χ4n) is 3.16. The molecular weight excluding hydrogens is 458 g/mol. The maximum absolute atomic E-state index is 12.7. The molecule has 0 aliphatic heterocycles. The molecule has 0 unspecified atom stereocenters. The fraction of sp³-hybridized carbons (Fsp3) is 0.130. The summed E-state index contributed by atoms with van der Waals surface area (Å²) in [6.45, 7) is 0.556. The van der Waals surface area contributed by atoms with Gasteiger partial charge >= 0.3 is 0 Å². The molecule has 0 radical (unpaired) electrons. The third kappa shape index (κ3) is 6.05. The van der Waals surface area contributed by atoms with Gasteiger partial charge in [-0.05, 0) is 42.0 Å². The summed E-state index contributed by atoms with van der Waals surface area (Å²) < 4.78 is 27.1. The van der Waals surface area contributed by atoms with Crippen LogP contribution >= 0.6 is 11.8 Å². The molecule has 10 heteroatoms. The molecule has 0 saturated heterocycles. The van der Waals surface area contributed by atoms with E-state index in [1.807, 2.05) is 47.0 Å². The largest absolute Gasteiger partial charge is 0.297 e. The molecule has 0 aliphatic carbocycles. The summed E-state index contributed by atoms with van der Waals surface area (Å²) in [6.07, 6.45) is 4.51. The minimum atomic E-state index is -3.37. The number of anilines is 1. The number of rotatable bonds is 9. The van der Waals surface area contributed by atoms with Gasteiger partial charge in [-0.25, -0.2) is 8.42 Å². The number of aromatic nitrogens is 4. The number of nitrogens with one attached hydrogen (secondary N) is 1. The molecular formula is C23H21N5O3S2. The number of pyridine rings is 1. The van der Waals surface area contributed by atoms with Gasteiger partial charge in [-0.2, -0.15) is 0 Å². The van der Waals surface area contributed by atoms with Crippen LogP contribution in [0.4, 0.5) is 5.69 Å². The third-order valence-corrected chi connectivity index (χ3v) is 6.24. The number of hydrogen-bond acceptors (Lipinski definition) is 7. The number of sulfonamides is 1. The first-order valence-corrected chi connectivity index (χ1v) is 12.9. The summed E-state index contributed by atoms with van der Waals surface area (Å²) in [4.78, 5) is 16.9. The second-order valence-electron chi connectivity index (χ2n) is 7.28. The van der Waals surface area contributed by atoms with Gasteiger partial charge in [-0.3, -0.25) is 19.1 Å². The van der Waals surface area contributed by atoms with Crippen molar-refractivity contribution in [3.8, 4) is 11.4 Å². The van der Waals surface area contributed by atoms with Gasteiger partial charge in [0.15, 0.2) is 16.8 Å². The molecule has 2 aromatic heterocycles. The van der Waals surface area contributed by atoms with Gasteiger partial charge in [0, 0.05) is 29.2 Å². The second-order valence-corrected chi connectivity index (χ2v) is 9.97. The van der Waals surface area contributed by atoms with E-state index >= 15 is 0 Å². The summed E-state index contributed by atoms with van der Waals surface area (Å²) in [6, 6.07) is 20.1. The Morgan fingerprint density at radius 3 is 2.42 bits per heavy atom. The molecule has 0 atom stereocenters. The summed E-state index contributed by atoms with van der Waals surface area (Å²) in [5.41, 5.74) is 2.83. The lowest BCUT2D eigenvalue weighted by molar-refractivity contribution is 0.102. The van der Waals surface area contributed by atoms with E-state index in [4.69, 9.17) is 0 Å². The SMILES string of the molecule is CS(=O)(=O)Nc1ccc(C(=O)CSc2nnc(-c3cccnc3)n2Cc2ccccc2)cc1. The molecule has 0 saturated carbocycles. The van der Waals surface area contributed by atoms with Gasteiger partial charge < -0.3 is 0 Å². The molecule has 4 rings (SSSR count). The van der Waals surface area contributed by atoms with Crippen molar-refractivity contribution in [2.24, 2.45) is 0 Å². The van der Waals surface area contributed by atoms with Gasteiger partial charge in [-0.1, -0.05) is 42.1 Å². The van der Waals surface area contributed by atoms with Gasteiger partial charge in [0.05, 0.1) is 18.6 Å². The van der Waals surface area contributed by atoms with Crippen molar-refractivity contribution in [1.82, 2.24) is 19.7 Å². The Hall–Kier alpha value is -3.50. The van der Waals surface area contributed by atoms with E-state index < -0.39 is 10.0 Å². The number of ketones is 1. The lowest BCUT2D eigenvalue weighted by Gasteiger charge is -2.10. The lowest BCUT2D eigenvalue weighted by Crippen LogP contribution is -2.10. The van der Waals surface area contributed by atoms with Crippen LogP contribution in [-0.4, -0.2) is 46.0 Å². The standard InChI is InChI=1S/C23H21N5O3S2/c1-33(30,31)27-20-11-9-18(10-12-20)21(29)16-32-23-26-25-22(19-8-5-13-24-14-19)28(23)15-17-6-3-2-4-7-17/h2-14,27H,15-16H2,1H3. The molecule has 2 heterocycles. The summed E-state index contributed by atoms with van der Waals surface area (Å²) in [5.74, 6) is 0.750. The highest BCUT2D eigenvalue weighted by Crippen LogP contribution is 2.25. The molecule has 4 aromatic rings. The van der Waals surface area contributed by atoms with Gasteiger partial charge in [0.2, 0.25) is 10.0 Å². The predicted octanol–water partition coefficient (Wildman–Crippen LogP) is 3.73. The third-order valence-electron chi connectivity index (χ3n) is 4.66. The van der Waals surface area contributed by atoms with Crippen LogP contribution in [0.3, 0.4) is 0 Å². The highest BCUT2D eigenvalue weighted by Gasteiger charge is 2.17. The molecule has 0 bridgehead atoms. The number of hydrogen-bond donors (Lipinski definition) is 1. The quantitative estimate of drug-likeness (QED) is 0.288. The van der Waals surface area contributed by atoms with Gasteiger partial charge in [0.25, 0.3) is 0 Å². The summed E-state index contributed by atoms with van der Waals surface area (Å²) in [5, 5.41) is 9.31. The normalized spacial score (nSPS) is 11.3. The van der Waals surface area contributed by atoms with E-state index in [0.717, 1.165) is 17.4 Å². The molecule has 33 heavy (non-hydrogen) atoms. The Kier molecular flexibility index (Phi) is 6.85. The molecule has 168 valence electrons. The zero-order valence-electron chi connectivity index (χ0n) is 17.7. The van der Waals surface area contributed by atoms with E-state index in [0.29, 0.717) is 28.8 Å². The monoisotopic (exact) mass is 479 g/mol. The molecule has 0 aliphatic rings. The molecule has 0 spiro atoms. The molecule has 2 aromatic carbocycles. The van der Waals surface area contributed by atoms with Crippen LogP contribution < -0.4 is 4.72 Å². The molecule has 0 fully saturated rings. The van der Waals surface area contributed by atoms with E-state index in [9.17, 15) is 13.2 Å². The number of carbonyl (C=O) groups excluding carboxylic acids is 1. The molecule has 8 nitrogen and oxygen atoms in total. The van der Waals surface area contributed by atoms with Crippen LogP contribution in [-0.2, 0) is 16.6 Å². The fourth-order valence-corrected chi connectivity index (χ4v) is 4.56. The van der Waals surface area contributed by atoms with Crippen LogP contribution in [0.2, 0.25) is 0 Å². The van der Waals surface area contributed by atoms with E-state index in [1.54, 1.807) is 36.7 Å². The highest BCUT2D eigenvalue weighted by molar-refractivity contribution is 7.99. The zero-order valence-corrected chi connectivity index (χ0v) is 19.4. The van der Waals surface area contributed by atoms with E-state index in [-0.39, 0.29) is 11.5 Å². The van der Waals surface area contributed by atoms with Crippen molar-refractivity contribution in [3.63, 3.8) is 0 Å². The predicted molar refractivity (Wildman–Crippen MR) is 129 cm³/mol. The van der Waals surface area contributed by atoms with Crippen LogP contribution in [0, 0.1) is 0 Å². The lowest BCUT2D eigenvalue weighted by atomic mass is 10.1. The number of benzene rings is 2. The maximum Gasteiger partial charge on any atom is 0.229 e. The number of thioether (sulfide) groups is 1. The Bertz CT molecular complexity index is 1340. The molecule has 0 amide bonds. The average molecular weight is 480 g/mol. The van der Waals surface area contributed by atoms with Crippen molar-refractivity contribution in [1.29, 1.82) is 0 Å². The van der Waals surface area contributed by atoms with Crippen molar-refractivity contribution >= 4 is 33.3 Å². The highest BCUT2D eigenvalue weighted by atomic mass is 32.2. The Labute approximate surface area is 196 Å². The van der Waals surface area contributed by atoms with Crippen molar-refractivity contribution in [3.05, 3.63) is 90.3 Å². The van der Waals surface area contributed by atoms with Crippen LogP contribution in [0.25, 0.3) is 11.4 Å². The first kappa shape index (κ1) is 22.7. The Morgan fingerprint density at radius 1 is 1.00 bits per heavy atom. The van der Waals surface area contributed by atoms with Crippen molar-refractivity contribution in [2.45, 2.75) is 11.7 Å². The first-order chi connectivity index (χ1) is 15.9. The van der Waals surface area contributed by atoms with Crippen molar-refractivity contribution in [2.75, 3.05) is 16.7 Å². The number of nitrogens with zero attached hydrogens (tertiary/aromatic N) is 4.